The quantitative estimate of drug-likeness (QED) is 0.398. The van der Waals surface area contributed by atoms with E-state index in [1.165, 1.54) is 22.7 Å². The van der Waals surface area contributed by atoms with Gasteiger partial charge in [0.25, 0.3) is 5.91 Å². The van der Waals surface area contributed by atoms with Gasteiger partial charge in [-0.15, -0.1) is 34.0 Å². The molecule has 0 saturated heterocycles. The first-order chi connectivity index (χ1) is 13.8. The molecule has 0 spiro atoms. The Hall–Kier alpha value is -3.01. The third kappa shape index (κ3) is 2.40. The number of para-hydroxylation sites is 1. The molecule has 1 aromatic carbocycles. The van der Waals surface area contributed by atoms with Crippen molar-refractivity contribution < 1.29 is 4.79 Å². The van der Waals surface area contributed by atoms with E-state index in [0.29, 0.717) is 10.0 Å². The van der Waals surface area contributed by atoms with Gasteiger partial charge in [0, 0.05) is 39.6 Å². The van der Waals surface area contributed by atoms with Crippen LogP contribution in [-0.4, -0.2) is 25.3 Å². The summed E-state index contributed by atoms with van der Waals surface area (Å²) in [4.78, 5) is 27.5. The molecule has 0 radical (unpaired) electrons. The van der Waals surface area contributed by atoms with Crippen LogP contribution in [0.5, 0.6) is 0 Å². The minimum atomic E-state index is -0.160. The van der Waals surface area contributed by atoms with Crippen LogP contribution in [0.2, 0.25) is 0 Å². The molecular weight excluding hydrogens is 410 g/mol. The van der Waals surface area contributed by atoms with E-state index in [-0.39, 0.29) is 5.91 Å². The molecule has 5 heterocycles. The lowest BCUT2D eigenvalue weighted by molar-refractivity contribution is 0.103. The molecular formula is C19H11N5OS3. The highest BCUT2D eigenvalue weighted by Gasteiger charge is 2.17. The summed E-state index contributed by atoms with van der Waals surface area (Å²) in [5.41, 5.74) is 3.91. The summed E-state index contributed by atoms with van der Waals surface area (Å²) < 4.78 is 2.01. The second-order valence-electron chi connectivity index (χ2n) is 6.21. The summed E-state index contributed by atoms with van der Waals surface area (Å²) in [5.74, 6) is -0.160. The minimum Gasteiger partial charge on any atom is -0.360 e. The number of aromatic nitrogens is 4. The predicted molar refractivity (Wildman–Crippen MR) is 116 cm³/mol. The van der Waals surface area contributed by atoms with Gasteiger partial charge in [0.15, 0.2) is 10.1 Å². The largest absolute Gasteiger partial charge is 0.360 e. The number of nitrogens with one attached hydrogen (secondary N) is 2. The van der Waals surface area contributed by atoms with Gasteiger partial charge in [-0.3, -0.25) is 14.5 Å². The van der Waals surface area contributed by atoms with Crippen molar-refractivity contribution in [3.8, 4) is 11.3 Å². The van der Waals surface area contributed by atoms with E-state index in [4.69, 9.17) is 0 Å². The lowest BCUT2D eigenvalue weighted by Crippen LogP contribution is -2.09. The maximum atomic E-state index is 12.7. The number of benzene rings is 1. The van der Waals surface area contributed by atoms with E-state index >= 15 is 0 Å². The summed E-state index contributed by atoms with van der Waals surface area (Å²) in [7, 11) is 0. The fourth-order valence-electron chi connectivity index (χ4n) is 3.26. The SMILES string of the molecule is O=C(Nc1nc(-c2c[nH]c3ccccc23)cs1)c1cc2c(nc3sccn32)s1. The lowest BCUT2D eigenvalue weighted by Gasteiger charge is -1.98. The van der Waals surface area contributed by atoms with Gasteiger partial charge in [-0.2, -0.15) is 0 Å². The van der Waals surface area contributed by atoms with Gasteiger partial charge in [-0.25, -0.2) is 9.97 Å². The molecule has 0 aliphatic carbocycles. The number of hydrogen-bond donors (Lipinski definition) is 2. The highest BCUT2D eigenvalue weighted by atomic mass is 32.1. The monoisotopic (exact) mass is 421 g/mol. The summed E-state index contributed by atoms with van der Waals surface area (Å²) in [6, 6.07) is 9.98. The van der Waals surface area contributed by atoms with Gasteiger partial charge >= 0.3 is 0 Å². The molecule has 0 unspecified atom stereocenters. The molecule has 0 aliphatic rings. The Labute approximate surface area is 170 Å². The van der Waals surface area contributed by atoms with Crippen LogP contribution in [0.1, 0.15) is 9.67 Å². The number of nitrogens with zero attached hydrogens (tertiary/aromatic N) is 3. The molecule has 6 nitrogen and oxygen atoms in total. The Bertz CT molecular complexity index is 1480. The number of anilines is 1. The summed E-state index contributed by atoms with van der Waals surface area (Å²) in [6.45, 7) is 0. The number of imidazole rings is 1. The van der Waals surface area contributed by atoms with Crippen LogP contribution in [0.4, 0.5) is 5.13 Å². The average molecular weight is 422 g/mol. The van der Waals surface area contributed by atoms with Crippen molar-refractivity contribution in [3.63, 3.8) is 0 Å². The molecule has 28 heavy (non-hydrogen) atoms. The Kier molecular flexibility index (Phi) is 3.42. The van der Waals surface area contributed by atoms with Gasteiger partial charge in [0.05, 0.1) is 16.1 Å². The second-order valence-corrected chi connectivity index (χ2v) is 8.97. The molecule has 0 saturated carbocycles. The maximum Gasteiger partial charge on any atom is 0.267 e. The number of rotatable bonds is 3. The standard InChI is InChI=1S/C19H11N5OS3/c25-16(15-7-14-17(28-15)23-19-24(14)5-6-26-19)22-18-21-13(9-27-18)11-8-20-12-4-2-1-3-10(11)12/h1-9,20H,(H,21,22,25). The topological polar surface area (TPSA) is 75.1 Å². The smallest absolute Gasteiger partial charge is 0.267 e. The average Bonchev–Trinajstić information content (AvgIpc) is 3.47. The Morgan fingerprint density at radius 1 is 1.18 bits per heavy atom. The van der Waals surface area contributed by atoms with Crippen molar-refractivity contribution in [2.24, 2.45) is 0 Å². The van der Waals surface area contributed by atoms with Crippen molar-refractivity contribution in [2.45, 2.75) is 0 Å². The van der Waals surface area contributed by atoms with Crippen LogP contribution in [0.25, 0.3) is 37.5 Å². The number of H-pyrrole nitrogens is 1. The Morgan fingerprint density at radius 2 is 2.11 bits per heavy atom. The molecule has 0 bridgehead atoms. The van der Waals surface area contributed by atoms with Gasteiger partial charge in [0.1, 0.15) is 4.83 Å². The number of amides is 1. The van der Waals surface area contributed by atoms with E-state index in [1.54, 1.807) is 11.3 Å². The van der Waals surface area contributed by atoms with Crippen LogP contribution in [0.15, 0.2) is 53.5 Å². The maximum absolute atomic E-state index is 12.7. The molecule has 2 N–H and O–H groups in total. The summed E-state index contributed by atoms with van der Waals surface area (Å²) in [6.07, 6.45) is 3.92. The number of carbonyl (C=O) groups excluding carboxylic acids is 1. The number of aromatic amines is 1. The number of hydrogen-bond acceptors (Lipinski definition) is 6. The van der Waals surface area contributed by atoms with E-state index in [2.05, 4.69) is 26.3 Å². The fourth-order valence-corrected chi connectivity index (χ4v) is 5.66. The van der Waals surface area contributed by atoms with Crippen molar-refractivity contribution in [1.29, 1.82) is 0 Å². The number of thiophene rings is 1. The third-order valence-electron chi connectivity index (χ3n) is 4.55. The molecule has 0 fully saturated rings. The van der Waals surface area contributed by atoms with Crippen molar-refractivity contribution >= 4 is 71.3 Å². The second kappa shape index (κ2) is 5.99. The van der Waals surface area contributed by atoms with Crippen molar-refractivity contribution in [3.05, 3.63) is 58.4 Å². The van der Waals surface area contributed by atoms with Gasteiger partial charge in [-0.05, 0) is 12.1 Å². The van der Waals surface area contributed by atoms with E-state index in [1.807, 2.05) is 51.8 Å². The molecule has 6 aromatic rings. The zero-order valence-electron chi connectivity index (χ0n) is 14.2. The number of carbonyl (C=O) groups is 1. The number of fused-ring (bicyclic) bond motifs is 4. The van der Waals surface area contributed by atoms with Crippen LogP contribution in [0.3, 0.4) is 0 Å². The Morgan fingerprint density at radius 3 is 3.07 bits per heavy atom. The van der Waals surface area contributed by atoms with E-state index in [9.17, 15) is 4.79 Å². The summed E-state index contributed by atoms with van der Waals surface area (Å²) >= 11 is 4.40. The normalized spacial score (nSPS) is 11.7. The highest BCUT2D eigenvalue weighted by Crippen LogP contribution is 2.32. The lowest BCUT2D eigenvalue weighted by atomic mass is 10.1. The van der Waals surface area contributed by atoms with Crippen molar-refractivity contribution in [1.82, 2.24) is 19.4 Å². The molecule has 9 heteroatoms. The first-order valence-electron chi connectivity index (χ1n) is 8.45. The van der Waals surface area contributed by atoms with E-state index in [0.717, 1.165) is 37.5 Å². The molecule has 1 amide bonds. The van der Waals surface area contributed by atoms with Crippen LogP contribution in [0, 0.1) is 0 Å². The summed E-state index contributed by atoms with van der Waals surface area (Å²) in [5, 5.41) is 8.56. The number of thiazole rings is 2. The molecule has 5 aromatic heterocycles. The zero-order chi connectivity index (χ0) is 18.7. The molecule has 6 rings (SSSR count). The van der Waals surface area contributed by atoms with Crippen molar-refractivity contribution in [2.75, 3.05) is 5.32 Å². The van der Waals surface area contributed by atoms with Gasteiger partial charge in [0.2, 0.25) is 0 Å². The van der Waals surface area contributed by atoms with E-state index < -0.39 is 0 Å². The van der Waals surface area contributed by atoms with Crippen LogP contribution >= 0.6 is 34.0 Å². The first-order valence-corrected chi connectivity index (χ1v) is 11.0. The fraction of sp³-hybridized carbons (Fsp3) is 0. The Balaban J connectivity index is 1.29. The first kappa shape index (κ1) is 16.0. The van der Waals surface area contributed by atoms with Gasteiger partial charge < -0.3 is 4.98 Å². The van der Waals surface area contributed by atoms with Crippen LogP contribution < -0.4 is 5.32 Å². The third-order valence-corrected chi connectivity index (χ3v) is 7.08. The molecule has 136 valence electrons. The molecule has 0 atom stereocenters. The zero-order valence-corrected chi connectivity index (χ0v) is 16.6. The minimum absolute atomic E-state index is 0.160. The van der Waals surface area contributed by atoms with Crippen LogP contribution in [-0.2, 0) is 0 Å². The predicted octanol–water partition coefficient (Wildman–Crippen LogP) is 5.47. The molecule has 0 aliphatic heterocycles. The van der Waals surface area contributed by atoms with Gasteiger partial charge in [-0.1, -0.05) is 18.2 Å². The highest BCUT2D eigenvalue weighted by molar-refractivity contribution is 7.21.